The van der Waals surface area contributed by atoms with Crippen molar-refractivity contribution < 1.29 is 9.53 Å². The van der Waals surface area contributed by atoms with Gasteiger partial charge in [-0.3, -0.25) is 4.79 Å². The Balaban J connectivity index is 1.73. The third kappa shape index (κ3) is 4.65. The number of methoxy groups -OCH3 is 1. The molecule has 28 heavy (non-hydrogen) atoms. The predicted octanol–water partition coefficient (Wildman–Crippen LogP) is 4.15. The van der Waals surface area contributed by atoms with Gasteiger partial charge in [0.15, 0.2) is 11.6 Å². The molecule has 0 atom stereocenters. The van der Waals surface area contributed by atoms with Gasteiger partial charge < -0.3 is 15.0 Å². The van der Waals surface area contributed by atoms with E-state index >= 15 is 0 Å². The summed E-state index contributed by atoms with van der Waals surface area (Å²) in [5.74, 6) is 1.38. The van der Waals surface area contributed by atoms with Gasteiger partial charge in [0, 0.05) is 12.6 Å². The summed E-state index contributed by atoms with van der Waals surface area (Å²) in [5.41, 5.74) is 1.65. The number of amides is 1. The van der Waals surface area contributed by atoms with Crippen molar-refractivity contribution >= 4 is 17.5 Å². The number of anilines is 2. The van der Waals surface area contributed by atoms with Crippen molar-refractivity contribution in [3.8, 4) is 5.75 Å². The highest BCUT2D eigenvalue weighted by Crippen LogP contribution is 2.20. The molecule has 0 aliphatic heterocycles. The highest BCUT2D eigenvalue weighted by molar-refractivity contribution is 6.05. The number of aromatic nitrogens is 2. The molecular weight excluding hydrogens is 352 g/mol. The Hall–Kier alpha value is -3.41. The first kappa shape index (κ1) is 19.4. The van der Waals surface area contributed by atoms with E-state index in [9.17, 15) is 4.79 Å². The van der Waals surface area contributed by atoms with Crippen LogP contribution in [0, 0.1) is 0 Å². The minimum absolute atomic E-state index is 0.253. The van der Waals surface area contributed by atoms with Crippen LogP contribution in [0.5, 0.6) is 5.75 Å². The Morgan fingerprint density at radius 2 is 1.71 bits per heavy atom. The Morgan fingerprint density at radius 3 is 2.36 bits per heavy atom. The zero-order chi connectivity index (χ0) is 19.9. The van der Waals surface area contributed by atoms with E-state index in [4.69, 9.17) is 4.74 Å². The van der Waals surface area contributed by atoms with E-state index in [-0.39, 0.29) is 11.9 Å². The maximum Gasteiger partial charge on any atom is 0.260 e. The average Bonchev–Trinajstić information content (AvgIpc) is 2.73. The van der Waals surface area contributed by atoms with E-state index in [1.807, 2.05) is 30.3 Å². The molecule has 6 nitrogen and oxygen atoms in total. The van der Waals surface area contributed by atoms with Gasteiger partial charge in [-0.15, -0.1) is 10.2 Å². The molecule has 1 N–H and O–H groups in total. The van der Waals surface area contributed by atoms with Crippen LogP contribution in [0.15, 0.2) is 66.7 Å². The third-order valence-corrected chi connectivity index (χ3v) is 4.36. The maximum absolute atomic E-state index is 12.5. The lowest BCUT2D eigenvalue weighted by Crippen LogP contribution is -2.31. The summed E-state index contributed by atoms with van der Waals surface area (Å²) >= 11 is 0. The molecule has 0 saturated carbocycles. The number of rotatable bonds is 7. The molecule has 0 fully saturated rings. The van der Waals surface area contributed by atoms with Crippen LogP contribution in [0.2, 0.25) is 0 Å². The molecule has 6 heteroatoms. The molecule has 1 heterocycles. The molecule has 1 aromatic heterocycles. The van der Waals surface area contributed by atoms with Gasteiger partial charge in [-0.25, -0.2) is 0 Å². The lowest BCUT2D eigenvalue weighted by atomic mass is 10.2. The van der Waals surface area contributed by atoms with E-state index in [0.29, 0.717) is 17.1 Å². The number of hydrogen-bond acceptors (Lipinski definition) is 5. The zero-order valence-corrected chi connectivity index (χ0v) is 16.3. The van der Waals surface area contributed by atoms with Crippen molar-refractivity contribution in [2.45, 2.75) is 26.4 Å². The highest BCUT2D eigenvalue weighted by Gasteiger charge is 2.15. The molecule has 0 aliphatic carbocycles. The Kier molecular flexibility index (Phi) is 6.22. The number of para-hydroxylation sites is 1. The molecule has 0 bridgehead atoms. The van der Waals surface area contributed by atoms with Crippen LogP contribution < -0.4 is 15.0 Å². The number of nitrogens with zero attached hydrogens (tertiary/aromatic N) is 3. The van der Waals surface area contributed by atoms with Crippen molar-refractivity contribution in [2.24, 2.45) is 0 Å². The summed E-state index contributed by atoms with van der Waals surface area (Å²) in [6.07, 6.45) is 0. The lowest BCUT2D eigenvalue weighted by Gasteiger charge is -2.27. The van der Waals surface area contributed by atoms with Crippen LogP contribution >= 0.6 is 0 Å². The van der Waals surface area contributed by atoms with Crippen LogP contribution in [0.4, 0.5) is 11.6 Å². The number of hydrogen-bond donors (Lipinski definition) is 1. The number of benzene rings is 2. The second-order valence-electron chi connectivity index (χ2n) is 6.64. The second-order valence-corrected chi connectivity index (χ2v) is 6.64. The van der Waals surface area contributed by atoms with E-state index in [1.165, 1.54) is 12.7 Å². The first-order chi connectivity index (χ1) is 13.6. The largest absolute Gasteiger partial charge is 0.496 e. The first-order valence-corrected chi connectivity index (χ1v) is 9.17. The molecule has 144 valence electrons. The third-order valence-electron chi connectivity index (χ3n) is 4.36. The van der Waals surface area contributed by atoms with Gasteiger partial charge in [-0.1, -0.05) is 42.5 Å². The summed E-state index contributed by atoms with van der Waals surface area (Å²) in [4.78, 5) is 14.7. The molecule has 0 aliphatic rings. The van der Waals surface area contributed by atoms with Gasteiger partial charge in [0.25, 0.3) is 5.91 Å². The van der Waals surface area contributed by atoms with Crippen molar-refractivity contribution in [3.63, 3.8) is 0 Å². The average molecular weight is 376 g/mol. The molecule has 3 aromatic rings. The van der Waals surface area contributed by atoms with Crippen molar-refractivity contribution in [1.82, 2.24) is 10.2 Å². The summed E-state index contributed by atoms with van der Waals surface area (Å²) in [6.45, 7) is 4.96. The van der Waals surface area contributed by atoms with Crippen LogP contribution in [0.25, 0.3) is 0 Å². The SMILES string of the molecule is COc1ccccc1C(=O)Nc1ccc(N(Cc2ccccc2)C(C)C)nn1. The zero-order valence-electron chi connectivity index (χ0n) is 16.3. The highest BCUT2D eigenvalue weighted by atomic mass is 16.5. The van der Waals surface area contributed by atoms with Crippen molar-refractivity contribution in [1.29, 1.82) is 0 Å². The summed E-state index contributed by atoms with van der Waals surface area (Å²) in [7, 11) is 1.54. The molecule has 2 aromatic carbocycles. The molecule has 1 amide bonds. The maximum atomic E-state index is 12.5. The monoisotopic (exact) mass is 376 g/mol. The fourth-order valence-electron chi connectivity index (χ4n) is 2.87. The Labute approximate surface area is 165 Å². The minimum Gasteiger partial charge on any atom is -0.496 e. The molecule has 3 rings (SSSR count). The van der Waals surface area contributed by atoms with Gasteiger partial charge in [0.1, 0.15) is 5.75 Å². The first-order valence-electron chi connectivity index (χ1n) is 9.17. The summed E-state index contributed by atoms with van der Waals surface area (Å²) in [5, 5.41) is 11.3. The molecule has 0 radical (unpaired) electrons. The topological polar surface area (TPSA) is 67.3 Å². The minimum atomic E-state index is -0.287. The lowest BCUT2D eigenvalue weighted by molar-refractivity contribution is 0.102. The van der Waals surface area contributed by atoms with Gasteiger partial charge in [0.05, 0.1) is 12.7 Å². The standard InChI is InChI=1S/C22H24N4O2/c1-16(2)26(15-17-9-5-4-6-10-17)21-14-13-20(24-25-21)23-22(27)18-11-7-8-12-19(18)28-3/h4-14,16H,15H2,1-3H3,(H,23,24,27). The number of carbonyl (C=O) groups is 1. The van der Waals surface area contributed by atoms with Gasteiger partial charge in [-0.2, -0.15) is 0 Å². The van der Waals surface area contributed by atoms with E-state index in [0.717, 1.165) is 12.4 Å². The molecular formula is C22H24N4O2. The van der Waals surface area contributed by atoms with Crippen LogP contribution in [0.1, 0.15) is 29.8 Å². The Bertz CT molecular complexity index is 911. The van der Waals surface area contributed by atoms with E-state index < -0.39 is 0 Å². The number of nitrogens with one attached hydrogen (secondary N) is 1. The predicted molar refractivity (Wildman–Crippen MR) is 111 cm³/mol. The van der Waals surface area contributed by atoms with Crippen LogP contribution in [-0.2, 0) is 6.54 Å². The molecule has 0 spiro atoms. The number of ether oxygens (including phenoxy) is 1. The van der Waals surface area contributed by atoms with E-state index in [1.54, 1.807) is 24.3 Å². The van der Waals surface area contributed by atoms with Crippen LogP contribution in [-0.4, -0.2) is 29.3 Å². The van der Waals surface area contributed by atoms with E-state index in [2.05, 4.69) is 46.4 Å². The Morgan fingerprint density at radius 1 is 1.00 bits per heavy atom. The second kappa shape index (κ2) is 8.99. The smallest absolute Gasteiger partial charge is 0.260 e. The fourth-order valence-corrected chi connectivity index (χ4v) is 2.87. The summed E-state index contributed by atoms with van der Waals surface area (Å²) in [6, 6.07) is 21.2. The number of carbonyl (C=O) groups excluding carboxylic acids is 1. The fraction of sp³-hybridized carbons (Fsp3) is 0.227. The normalized spacial score (nSPS) is 10.6. The van der Waals surface area contributed by atoms with Crippen molar-refractivity contribution in [2.75, 3.05) is 17.3 Å². The summed E-state index contributed by atoms with van der Waals surface area (Å²) < 4.78 is 5.23. The molecule has 0 unspecified atom stereocenters. The van der Waals surface area contributed by atoms with Gasteiger partial charge in [-0.05, 0) is 43.7 Å². The van der Waals surface area contributed by atoms with Gasteiger partial charge >= 0.3 is 0 Å². The molecule has 0 saturated heterocycles. The van der Waals surface area contributed by atoms with Gasteiger partial charge in [0.2, 0.25) is 0 Å². The van der Waals surface area contributed by atoms with Crippen molar-refractivity contribution in [3.05, 3.63) is 77.9 Å². The van der Waals surface area contributed by atoms with Crippen LogP contribution in [0.3, 0.4) is 0 Å². The quantitative estimate of drug-likeness (QED) is 0.671.